The summed E-state index contributed by atoms with van der Waals surface area (Å²) in [5.74, 6) is -1.77. The Morgan fingerprint density at radius 1 is 1.24 bits per heavy atom. The number of benzene rings is 1. The Kier molecular flexibility index (Phi) is 5.58. The molecule has 1 amide bonds. The molecule has 0 spiro atoms. The highest BCUT2D eigenvalue weighted by molar-refractivity contribution is 6.02. The second-order valence-corrected chi connectivity index (χ2v) is 6.86. The lowest BCUT2D eigenvalue weighted by Gasteiger charge is -2.37. The summed E-state index contributed by atoms with van der Waals surface area (Å²) >= 11 is 0. The van der Waals surface area contributed by atoms with E-state index >= 15 is 0 Å². The maximum Gasteiger partial charge on any atom is 0.362 e. The largest absolute Gasteiger partial charge is 0.484 e. The van der Waals surface area contributed by atoms with Gasteiger partial charge in [-0.3, -0.25) is 4.79 Å². The summed E-state index contributed by atoms with van der Waals surface area (Å²) in [5, 5.41) is 4.24. The maximum absolute atomic E-state index is 12.9. The molecule has 1 aromatic carbocycles. The molecule has 0 radical (unpaired) electrons. The van der Waals surface area contributed by atoms with E-state index in [2.05, 4.69) is 5.10 Å². The number of carbonyl (C=O) groups is 3. The van der Waals surface area contributed by atoms with Gasteiger partial charge in [-0.25, -0.2) is 14.3 Å². The van der Waals surface area contributed by atoms with Gasteiger partial charge in [0, 0.05) is 7.05 Å². The van der Waals surface area contributed by atoms with Gasteiger partial charge in [0.05, 0.1) is 20.3 Å². The summed E-state index contributed by atoms with van der Waals surface area (Å²) < 4.78 is 17.1. The molecular formula is C20H23N3O6. The molecule has 1 unspecified atom stereocenters. The third-order valence-electron chi connectivity index (χ3n) is 4.72. The minimum Gasteiger partial charge on any atom is -0.484 e. The fourth-order valence-electron chi connectivity index (χ4n) is 3.26. The van der Waals surface area contributed by atoms with E-state index in [1.807, 2.05) is 30.3 Å². The number of aromatic nitrogens is 2. The Labute approximate surface area is 168 Å². The van der Waals surface area contributed by atoms with Crippen molar-refractivity contribution in [3.05, 3.63) is 47.3 Å². The Hall–Kier alpha value is -3.36. The standard InChI is InChI=1S/C20H23N3O6/c1-5-28-19(26)20(2)12-22(3)17(24)15-16(14(18(25)27-4)21-23(15)20)29-11-13-9-7-6-8-10-13/h6-10H,5,11-12H2,1-4H3. The van der Waals surface area contributed by atoms with Gasteiger partial charge in [-0.15, -0.1) is 0 Å². The highest BCUT2D eigenvalue weighted by Gasteiger charge is 2.49. The Morgan fingerprint density at radius 3 is 2.55 bits per heavy atom. The van der Waals surface area contributed by atoms with Gasteiger partial charge in [0.25, 0.3) is 5.91 Å². The molecule has 9 heteroatoms. The lowest BCUT2D eigenvalue weighted by Crippen LogP contribution is -2.56. The summed E-state index contributed by atoms with van der Waals surface area (Å²) in [6.07, 6.45) is 0. The Balaban J connectivity index is 2.12. The van der Waals surface area contributed by atoms with Crippen LogP contribution in [0.5, 0.6) is 5.75 Å². The molecule has 0 N–H and O–H groups in total. The van der Waals surface area contributed by atoms with E-state index < -0.39 is 23.4 Å². The third kappa shape index (κ3) is 3.55. The van der Waals surface area contributed by atoms with Gasteiger partial charge < -0.3 is 19.1 Å². The summed E-state index contributed by atoms with van der Waals surface area (Å²) in [4.78, 5) is 39.3. The molecule has 0 saturated carbocycles. The number of amides is 1. The molecule has 0 fully saturated rings. The zero-order valence-electron chi connectivity index (χ0n) is 16.8. The van der Waals surface area contributed by atoms with Gasteiger partial charge in [0.1, 0.15) is 6.61 Å². The van der Waals surface area contributed by atoms with E-state index in [9.17, 15) is 14.4 Å². The zero-order chi connectivity index (χ0) is 21.2. The van der Waals surface area contributed by atoms with Crippen molar-refractivity contribution >= 4 is 17.8 Å². The zero-order valence-corrected chi connectivity index (χ0v) is 16.8. The monoisotopic (exact) mass is 401 g/mol. The van der Waals surface area contributed by atoms with Gasteiger partial charge in [-0.1, -0.05) is 30.3 Å². The first-order valence-corrected chi connectivity index (χ1v) is 9.14. The molecule has 29 heavy (non-hydrogen) atoms. The summed E-state index contributed by atoms with van der Waals surface area (Å²) in [6.45, 7) is 3.61. The lowest BCUT2D eigenvalue weighted by molar-refractivity contribution is -0.154. The fourth-order valence-corrected chi connectivity index (χ4v) is 3.26. The quantitative estimate of drug-likeness (QED) is 0.678. The Morgan fingerprint density at radius 2 is 1.93 bits per heavy atom. The lowest BCUT2D eigenvalue weighted by atomic mass is 9.98. The van der Waals surface area contributed by atoms with Crippen LogP contribution in [0.3, 0.4) is 0 Å². The van der Waals surface area contributed by atoms with E-state index in [4.69, 9.17) is 14.2 Å². The van der Waals surface area contributed by atoms with Gasteiger partial charge in [0.2, 0.25) is 5.69 Å². The molecule has 0 saturated heterocycles. The maximum atomic E-state index is 12.9. The van der Waals surface area contributed by atoms with Crippen molar-refractivity contribution in [1.29, 1.82) is 0 Å². The second kappa shape index (κ2) is 7.94. The predicted molar refractivity (Wildman–Crippen MR) is 102 cm³/mol. The van der Waals surface area contributed by atoms with Crippen molar-refractivity contribution in [2.24, 2.45) is 0 Å². The highest BCUT2D eigenvalue weighted by Crippen LogP contribution is 2.35. The first kappa shape index (κ1) is 20.4. The summed E-state index contributed by atoms with van der Waals surface area (Å²) in [5.41, 5.74) is -0.637. The molecule has 9 nitrogen and oxygen atoms in total. The van der Waals surface area contributed by atoms with Crippen molar-refractivity contribution in [2.75, 3.05) is 27.3 Å². The number of fused-ring (bicyclic) bond motifs is 1. The molecule has 154 valence electrons. The van der Waals surface area contributed by atoms with E-state index in [-0.39, 0.29) is 36.9 Å². The SMILES string of the molecule is CCOC(=O)C1(C)CN(C)C(=O)c2c(OCc3ccccc3)c(C(=O)OC)nn21. The van der Waals surface area contributed by atoms with Crippen LogP contribution in [0.25, 0.3) is 0 Å². The van der Waals surface area contributed by atoms with Crippen LogP contribution in [0, 0.1) is 0 Å². The van der Waals surface area contributed by atoms with E-state index in [0.717, 1.165) is 5.56 Å². The number of hydrogen-bond donors (Lipinski definition) is 0. The van der Waals surface area contributed by atoms with Crippen molar-refractivity contribution in [3.63, 3.8) is 0 Å². The van der Waals surface area contributed by atoms with Crippen LogP contribution in [0.2, 0.25) is 0 Å². The first-order valence-electron chi connectivity index (χ1n) is 9.14. The number of esters is 2. The third-order valence-corrected chi connectivity index (χ3v) is 4.72. The van der Waals surface area contributed by atoms with Crippen LogP contribution >= 0.6 is 0 Å². The average molecular weight is 401 g/mol. The highest BCUT2D eigenvalue weighted by atomic mass is 16.5. The van der Waals surface area contributed by atoms with Crippen molar-refractivity contribution in [3.8, 4) is 5.75 Å². The molecule has 2 heterocycles. The van der Waals surface area contributed by atoms with Crippen LogP contribution in [-0.2, 0) is 26.4 Å². The smallest absolute Gasteiger partial charge is 0.362 e. The second-order valence-electron chi connectivity index (χ2n) is 6.86. The van der Waals surface area contributed by atoms with Crippen LogP contribution in [0.15, 0.2) is 30.3 Å². The normalized spacial score (nSPS) is 18.2. The van der Waals surface area contributed by atoms with E-state index in [0.29, 0.717) is 0 Å². The number of nitrogens with zero attached hydrogens (tertiary/aromatic N) is 3. The van der Waals surface area contributed by atoms with E-state index in [1.54, 1.807) is 20.9 Å². The van der Waals surface area contributed by atoms with Gasteiger partial charge in [-0.05, 0) is 19.4 Å². The number of carbonyl (C=O) groups excluding carboxylic acids is 3. The topological polar surface area (TPSA) is 100.0 Å². The minimum absolute atomic E-state index is 0.00522. The fraction of sp³-hybridized carbons (Fsp3) is 0.400. The minimum atomic E-state index is -1.31. The van der Waals surface area contributed by atoms with E-state index in [1.165, 1.54) is 16.7 Å². The molecule has 0 aliphatic carbocycles. The molecule has 0 bridgehead atoms. The molecule has 3 rings (SSSR count). The molecular weight excluding hydrogens is 378 g/mol. The molecule has 1 aromatic heterocycles. The molecule has 1 aliphatic heterocycles. The molecule has 1 atom stereocenters. The van der Waals surface area contributed by atoms with Crippen molar-refractivity contribution in [1.82, 2.24) is 14.7 Å². The van der Waals surface area contributed by atoms with Crippen molar-refractivity contribution < 1.29 is 28.6 Å². The average Bonchev–Trinajstić information content (AvgIpc) is 3.11. The number of rotatable bonds is 6. The molecule has 1 aliphatic rings. The number of methoxy groups -OCH3 is 1. The van der Waals surface area contributed by atoms with Crippen LogP contribution < -0.4 is 4.74 Å². The van der Waals surface area contributed by atoms with Crippen LogP contribution in [-0.4, -0.2) is 59.8 Å². The predicted octanol–water partition coefficient (Wildman–Crippen LogP) is 1.61. The molecule has 2 aromatic rings. The van der Waals surface area contributed by atoms with Crippen LogP contribution in [0.4, 0.5) is 0 Å². The van der Waals surface area contributed by atoms with Crippen molar-refractivity contribution in [2.45, 2.75) is 26.0 Å². The number of ether oxygens (including phenoxy) is 3. The van der Waals surface area contributed by atoms with Gasteiger partial charge >= 0.3 is 11.9 Å². The van der Waals surface area contributed by atoms with Gasteiger partial charge in [-0.2, -0.15) is 5.10 Å². The van der Waals surface area contributed by atoms with Crippen LogP contribution in [0.1, 0.15) is 40.4 Å². The first-order chi connectivity index (χ1) is 13.8. The number of likely N-dealkylation sites (N-methyl/N-ethyl adjacent to an activating group) is 1. The summed E-state index contributed by atoms with van der Waals surface area (Å²) in [6, 6.07) is 9.28. The Bertz CT molecular complexity index is 939. The number of hydrogen-bond acceptors (Lipinski definition) is 7. The summed E-state index contributed by atoms with van der Waals surface area (Å²) in [7, 11) is 2.77. The van der Waals surface area contributed by atoms with Gasteiger partial charge in [0.15, 0.2) is 17.0 Å².